The summed E-state index contributed by atoms with van der Waals surface area (Å²) in [6.07, 6.45) is 3.51. The molecule has 0 aliphatic carbocycles. The number of para-hydroxylation sites is 1. The third-order valence-electron chi connectivity index (χ3n) is 2.03. The van der Waals surface area contributed by atoms with Gasteiger partial charge >= 0.3 is 0 Å². The van der Waals surface area contributed by atoms with E-state index in [1.807, 2.05) is 30.5 Å². The van der Waals surface area contributed by atoms with E-state index in [2.05, 4.69) is 5.10 Å². The standard InChI is InChI=1S/C11H10N2O/c1-9(14)10-5-2-3-6-11(10)13-8-4-7-12-13/h2-8H,1H3. The average Bonchev–Trinajstić information content (AvgIpc) is 2.70. The van der Waals surface area contributed by atoms with Gasteiger partial charge < -0.3 is 0 Å². The van der Waals surface area contributed by atoms with E-state index < -0.39 is 0 Å². The molecule has 2 aromatic rings. The molecule has 0 fully saturated rings. The van der Waals surface area contributed by atoms with E-state index >= 15 is 0 Å². The van der Waals surface area contributed by atoms with Crippen molar-refractivity contribution in [3.05, 3.63) is 48.3 Å². The molecule has 0 aliphatic rings. The van der Waals surface area contributed by atoms with E-state index in [0.29, 0.717) is 5.56 Å². The summed E-state index contributed by atoms with van der Waals surface area (Å²) >= 11 is 0. The van der Waals surface area contributed by atoms with Crippen LogP contribution in [0, 0.1) is 0 Å². The largest absolute Gasteiger partial charge is 0.294 e. The molecular weight excluding hydrogens is 176 g/mol. The predicted molar refractivity (Wildman–Crippen MR) is 53.6 cm³/mol. The number of nitrogens with zero attached hydrogens (tertiary/aromatic N) is 2. The lowest BCUT2D eigenvalue weighted by Crippen LogP contribution is -2.03. The van der Waals surface area contributed by atoms with Crippen molar-refractivity contribution in [2.75, 3.05) is 0 Å². The summed E-state index contributed by atoms with van der Waals surface area (Å²) in [4.78, 5) is 11.3. The highest BCUT2D eigenvalue weighted by Gasteiger charge is 2.07. The lowest BCUT2D eigenvalue weighted by molar-refractivity contribution is 0.101. The number of benzene rings is 1. The Kier molecular flexibility index (Phi) is 2.14. The Bertz CT molecular complexity index is 446. The molecule has 0 amide bonds. The van der Waals surface area contributed by atoms with Crippen molar-refractivity contribution in [3.63, 3.8) is 0 Å². The van der Waals surface area contributed by atoms with Crippen LogP contribution in [0.5, 0.6) is 0 Å². The van der Waals surface area contributed by atoms with Crippen LogP contribution in [0.3, 0.4) is 0 Å². The molecule has 0 saturated heterocycles. The quantitative estimate of drug-likeness (QED) is 0.673. The van der Waals surface area contributed by atoms with Gasteiger partial charge in [-0.1, -0.05) is 12.1 Å². The first-order valence-corrected chi connectivity index (χ1v) is 4.39. The summed E-state index contributed by atoms with van der Waals surface area (Å²) in [6.45, 7) is 1.56. The second kappa shape index (κ2) is 3.46. The van der Waals surface area contributed by atoms with Crippen molar-refractivity contribution < 1.29 is 4.79 Å². The zero-order valence-electron chi connectivity index (χ0n) is 7.84. The molecule has 0 saturated carbocycles. The van der Waals surface area contributed by atoms with Gasteiger partial charge in [0.1, 0.15) is 0 Å². The average molecular weight is 186 g/mol. The van der Waals surface area contributed by atoms with E-state index in [1.54, 1.807) is 23.9 Å². The summed E-state index contributed by atoms with van der Waals surface area (Å²) in [7, 11) is 0. The minimum Gasteiger partial charge on any atom is -0.294 e. The Morgan fingerprint density at radius 3 is 2.71 bits per heavy atom. The molecule has 14 heavy (non-hydrogen) atoms. The number of hydrogen-bond acceptors (Lipinski definition) is 2. The van der Waals surface area contributed by atoms with Crippen molar-refractivity contribution in [3.8, 4) is 5.69 Å². The Balaban J connectivity index is 2.58. The smallest absolute Gasteiger partial charge is 0.161 e. The fourth-order valence-corrected chi connectivity index (χ4v) is 1.38. The summed E-state index contributed by atoms with van der Waals surface area (Å²) < 4.78 is 1.69. The Hall–Kier alpha value is -1.90. The highest BCUT2D eigenvalue weighted by atomic mass is 16.1. The number of hydrogen-bond donors (Lipinski definition) is 0. The molecule has 0 unspecified atom stereocenters. The van der Waals surface area contributed by atoms with Crippen molar-refractivity contribution in [2.45, 2.75) is 6.92 Å². The normalized spacial score (nSPS) is 10.1. The number of carbonyl (C=O) groups is 1. The molecule has 0 radical (unpaired) electrons. The molecule has 2 rings (SSSR count). The topological polar surface area (TPSA) is 34.9 Å². The van der Waals surface area contributed by atoms with Crippen LogP contribution < -0.4 is 0 Å². The fourth-order valence-electron chi connectivity index (χ4n) is 1.38. The first-order chi connectivity index (χ1) is 6.79. The molecule has 1 aromatic carbocycles. The number of aromatic nitrogens is 2. The predicted octanol–water partition coefficient (Wildman–Crippen LogP) is 2.07. The molecular formula is C11H10N2O. The second-order valence-electron chi connectivity index (χ2n) is 3.02. The SMILES string of the molecule is CC(=O)c1ccccc1-n1cccn1. The van der Waals surface area contributed by atoms with Crippen LogP contribution in [-0.4, -0.2) is 15.6 Å². The van der Waals surface area contributed by atoms with Crippen LogP contribution >= 0.6 is 0 Å². The molecule has 3 heteroatoms. The van der Waals surface area contributed by atoms with Crippen LogP contribution in [0.25, 0.3) is 5.69 Å². The first kappa shape index (κ1) is 8.69. The van der Waals surface area contributed by atoms with Gasteiger partial charge in [-0.25, -0.2) is 4.68 Å². The van der Waals surface area contributed by atoms with Crippen molar-refractivity contribution in [1.29, 1.82) is 0 Å². The maximum Gasteiger partial charge on any atom is 0.161 e. The van der Waals surface area contributed by atoms with Gasteiger partial charge in [0.15, 0.2) is 5.78 Å². The molecule has 3 nitrogen and oxygen atoms in total. The molecule has 70 valence electrons. The summed E-state index contributed by atoms with van der Waals surface area (Å²) in [5, 5.41) is 4.09. The number of rotatable bonds is 2. The van der Waals surface area contributed by atoms with Gasteiger partial charge in [-0.2, -0.15) is 5.10 Å². The van der Waals surface area contributed by atoms with Crippen molar-refractivity contribution >= 4 is 5.78 Å². The lowest BCUT2D eigenvalue weighted by Gasteiger charge is -2.05. The highest BCUT2D eigenvalue weighted by molar-refractivity contribution is 5.97. The van der Waals surface area contributed by atoms with E-state index in [9.17, 15) is 4.79 Å². The second-order valence-corrected chi connectivity index (χ2v) is 3.02. The van der Waals surface area contributed by atoms with E-state index in [-0.39, 0.29) is 5.78 Å². The van der Waals surface area contributed by atoms with E-state index in [0.717, 1.165) is 5.69 Å². The van der Waals surface area contributed by atoms with Gasteiger partial charge in [-0.3, -0.25) is 4.79 Å². The van der Waals surface area contributed by atoms with E-state index in [4.69, 9.17) is 0 Å². The molecule has 0 spiro atoms. The zero-order chi connectivity index (χ0) is 9.97. The van der Waals surface area contributed by atoms with Crippen LogP contribution in [-0.2, 0) is 0 Å². The summed E-state index contributed by atoms with van der Waals surface area (Å²) in [5.74, 6) is 0.0519. The minimum absolute atomic E-state index is 0.0519. The third kappa shape index (κ3) is 1.44. The fraction of sp³-hybridized carbons (Fsp3) is 0.0909. The van der Waals surface area contributed by atoms with Crippen LogP contribution in [0.2, 0.25) is 0 Å². The molecule has 0 N–H and O–H groups in total. The van der Waals surface area contributed by atoms with Gasteiger partial charge in [-0.15, -0.1) is 0 Å². The monoisotopic (exact) mass is 186 g/mol. The number of carbonyl (C=O) groups excluding carboxylic acids is 1. The Morgan fingerprint density at radius 1 is 1.29 bits per heavy atom. The number of ketones is 1. The van der Waals surface area contributed by atoms with Crippen LogP contribution in [0.4, 0.5) is 0 Å². The highest BCUT2D eigenvalue weighted by Crippen LogP contribution is 2.13. The third-order valence-corrected chi connectivity index (χ3v) is 2.03. The Morgan fingerprint density at radius 2 is 2.07 bits per heavy atom. The van der Waals surface area contributed by atoms with Gasteiger partial charge in [0.25, 0.3) is 0 Å². The Labute approximate surface area is 82.0 Å². The van der Waals surface area contributed by atoms with Gasteiger partial charge in [0, 0.05) is 18.0 Å². The summed E-state index contributed by atoms with van der Waals surface area (Å²) in [5.41, 5.74) is 1.52. The van der Waals surface area contributed by atoms with Crippen LogP contribution in [0.15, 0.2) is 42.7 Å². The summed E-state index contributed by atoms with van der Waals surface area (Å²) in [6, 6.07) is 9.26. The minimum atomic E-state index is 0.0519. The van der Waals surface area contributed by atoms with Crippen molar-refractivity contribution in [2.24, 2.45) is 0 Å². The number of Topliss-reactive ketones (excluding diaryl/α,β-unsaturated/α-hetero) is 1. The first-order valence-electron chi connectivity index (χ1n) is 4.39. The van der Waals surface area contributed by atoms with Crippen molar-refractivity contribution in [1.82, 2.24) is 9.78 Å². The molecule has 0 atom stereocenters. The maximum absolute atomic E-state index is 11.3. The molecule has 1 aromatic heterocycles. The van der Waals surface area contributed by atoms with Gasteiger partial charge in [-0.05, 0) is 25.1 Å². The molecule has 0 aliphatic heterocycles. The van der Waals surface area contributed by atoms with Gasteiger partial charge in [0.2, 0.25) is 0 Å². The van der Waals surface area contributed by atoms with E-state index in [1.165, 1.54) is 0 Å². The van der Waals surface area contributed by atoms with Crippen LogP contribution in [0.1, 0.15) is 17.3 Å². The molecule has 1 heterocycles. The lowest BCUT2D eigenvalue weighted by atomic mass is 10.1. The zero-order valence-corrected chi connectivity index (χ0v) is 7.84. The van der Waals surface area contributed by atoms with Gasteiger partial charge in [0.05, 0.1) is 5.69 Å². The molecule has 0 bridgehead atoms. The maximum atomic E-state index is 11.3.